The maximum absolute atomic E-state index is 13.5. The number of nitrogens with zero attached hydrogens (tertiary/aromatic N) is 2. The molecule has 1 fully saturated rings. The third kappa shape index (κ3) is 9.55. The number of aromatic nitrogens is 1. The molecule has 1 aliphatic carbocycles. The third-order valence-corrected chi connectivity index (χ3v) is 9.16. The number of hydrogen-bond donors (Lipinski definition) is 5. The van der Waals surface area contributed by atoms with E-state index >= 15 is 0 Å². The van der Waals surface area contributed by atoms with Crippen LogP contribution in [0, 0.1) is 0 Å². The number of ether oxygens (including phenoxy) is 1. The summed E-state index contributed by atoms with van der Waals surface area (Å²) in [5, 5.41) is 13.2. The fraction of sp³-hybridized carbons (Fsp3) is 0.297. The molecule has 1 saturated carbocycles. The number of hydrogen-bond acceptors (Lipinski definition) is 9. The molecule has 4 aromatic rings. The van der Waals surface area contributed by atoms with Crippen molar-refractivity contribution in [2.24, 2.45) is 5.73 Å². The normalized spacial score (nSPS) is 13.9. The molecule has 51 heavy (non-hydrogen) atoms. The highest BCUT2D eigenvalue weighted by atomic mass is 32.1. The first-order chi connectivity index (χ1) is 24.7. The minimum atomic E-state index is -0.649. The number of benzene rings is 3. The Morgan fingerprint density at radius 2 is 1.61 bits per heavy atom. The lowest BCUT2D eigenvalue weighted by Crippen LogP contribution is -2.42. The highest BCUT2D eigenvalue weighted by Crippen LogP contribution is 2.33. The van der Waals surface area contributed by atoms with Crippen LogP contribution in [0.15, 0.2) is 77.6 Å². The van der Waals surface area contributed by atoms with E-state index in [1.165, 1.54) is 11.3 Å². The first kappa shape index (κ1) is 35.2. The van der Waals surface area contributed by atoms with Gasteiger partial charge in [-0.15, -0.1) is 11.3 Å². The Morgan fingerprint density at radius 1 is 0.922 bits per heavy atom. The number of rotatable bonds is 15. The molecule has 13 nitrogen and oxygen atoms in total. The number of fused-ring (bicyclic) bond motifs is 1. The molecular weight excluding hydrogens is 671 g/mol. The van der Waals surface area contributed by atoms with E-state index in [2.05, 4.69) is 26.3 Å². The van der Waals surface area contributed by atoms with E-state index < -0.39 is 6.04 Å². The molecule has 0 unspecified atom stereocenters. The van der Waals surface area contributed by atoms with Gasteiger partial charge in [-0.25, -0.2) is 4.98 Å². The zero-order chi connectivity index (χ0) is 35.7. The van der Waals surface area contributed by atoms with Crippen molar-refractivity contribution < 1.29 is 28.7 Å². The fourth-order valence-corrected chi connectivity index (χ4v) is 6.12. The van der Waals surface area contributed by atoms with Gasteiger partial charge in [0.1, 0.15) is 5.75 Å². The Morgan fingerprint density at radius 3 is 2.31 bits per heavy atom. The van der Waals surface area contributed by atoms with Crippen molar-refractivity contribution in [2.45, 2.75) is 50.7 Å². The molecule has 1 aliphatic heterocycles. The number of unbranched alkanes of at least 4 members (excludes halogenated alkanes) is 1. The lowest BCUT2D eigenvalue weighted by Gasteiger charge is -2.24. The molecule has 0 bridgehead atoms. The first-order valence-corrected chi connectivity index (χ1v) is 17.7. The van der Waals surface area contributed by atoms with Gasteiger partial charge in [-0.1, -0.05) is 12.1 Å². The average Bonchev–Trinajstić information content (AvgIpc) is 3.86. The highest BCUT2D eigenvalue weighted by molar-refractivity contribution is 7.07. The number of carbonyl (C=O) groups is 5. The number of nitrogens with two attached hydrogens (primary N) is 1. The maximum atomic E-state index is 13.5. The van der Waals surface area contributed by atoms with Crippen LogP contribution in [0.3, 0.4) is 0 Å². The summed E-state index contributed by atoms with van der Waals surface area (Å²) in [7, 11) is 0. The summed E-state index contributed by atoms with van der Waals surface area (Å²) in [4.78, 5) is 68.8. The Kier molecular flexibility index (Phi) is 11.3. The van der Waals surface area contributed by atoms with Crippen LogP contribution in [-0.4, -0.2) is 71.2 Å². The Balaban J connectivity index is 0.924. The van der Waals surface area contributed by atoms with Crippen LogP contribution in [0.25, 0.3) is 0 Å². The monoisotopic (exact) mass is 709 g/mol. The van der Waals surface area contributed by atoms with Crippen molar-refractivity contribution in [3.8, 4) is 5.75 Å². The molecule has 0 spiro atoms. The van der Waals surface area contributed by atoms with E-state index in [4.69, 9.17) is 10.5 Å². The zero-order valence-corrected chi connectivity index (χ0v) is 28.7. The number of carbonyl (C=O) groups excluding carboxylic acids is 5. The summed E-state index contributed by atoms with van der Waals surface area (Å²) in [6.07, 6.45) is 3.62. The topological polar surface area (TPSA) is 185 Å². The second-order valence-corrected chi connectivity index (χ2v) is 13.2. The van der Waals surface area contributed by atoms with Crippen molar-refractivity contribution in [1.29, 1.82) is 0 Å². The summed E-state index contributed by atoms with van der Waals surface area (Å²) in [6.45, 7) is 1.22. The molecule has 1 atom stereocenters. The Bertz CT molecular complexity index is 1880. The SMILES string of the molecule is N[C@@H](Cc1cscn1)C(=O)NCCCCNC(=O)c1ccc(NC(=O)c2ccc(CN(C(=O)c3ccc4c(c3)OCC(=O)N4)C3CC3)cc2)cc1. The van der Waals surface area contributed by atoms with Gasteiger partial charge in [0.2, 0.25) is 5.91 Å². The third-order valence-electron chi connectivity index (χ3n) is 8.52. The van der Waals surface area contributed by atoms with Crippen molar-refractivity contribution in [3.05, 3.63) is 106 Å². The minimum absolute atomic E-state index is 0.0857. The Hall–Kier alpha value is -5.60. The molecule has 1 aromatic heterocycles. The molecule has 0 radical (unpaired) electrons. The molecule has 264 valence electrons. The van der Waals surface area contributed by atoms with Crippen molar-refractivity contribution in [1.82, 2.24) is 20.5 Å². The predicted molar refractivity (Wildman–Crippen MR) is 193 cm³/mol. The minimum Gasteiger partial charge on any atom is -0.482 e. The van der Waals surface area contributed by atoms with Gasteiger partial charge in [-0.2, -0.15) is 0 Å². The molecule has 6 N–H and O–H groups in total. The quantitative estimate of drug-likeness (QED) is 0.116. The van der Waals surface area contributed by atoms with Gasteiger partial charge < -0.3 is 36.6 Å². The van der Waals surface area contributed by atoms with Crippen LogP contribution >= 0.6 is 11.3 Å². The highest BCUT2D eigenvalue weighted by Gasteiger charge is 2.33. The van der Waals surface area contributed by atoms with Gasteiger partial charge in [-0.3, -0.25) is 24.0 Å². The number of amides is 5. The molecule has 3 aromatic carbocycles. The van der Waals surface area contributed by atoms with Crippen LogP contribution < -0.4 is 31.7 Å². The van der Waals surface area contributed by atoms with Gasteiger partial charge >= 0.3 is 0 Å². The number of anilines is 2. The summed E-state index contributed by atoms with van der Waals surface area (Å²) in [5.41, 5.74) is 11.8. The van der Waals surface area contributed by atoms with E-state index in [0.717, 1.165) is 24.1 Å². The number of thiazole rings is 1. The summed E-state index contributed by atoms with van der Waals surface area (Å²) < 4.78 is 5.49. The smallest absolute Gasteiger partial charge is 0.262 e. The molecule has 14 heteroatoms. The van der Waals surface area contributed by atoms with E-state index in [1.54, 1.807) is 60.1 Å². The van der Waals surface area contributed by atoms with Crippen LogP contribution in [-0.2, 0) is 22.6 Å². The molecule has 0 saturated heterocycles. The average molecular weight is 710 g/mol. The molecule has 2 heterocycles. The zero-order valence-electron chi connectivity index (χ0n) is 27.9. The standard InChI is InChI=1S/C37H39N7O6S/c38-30(18-28-21-51-22-41-28)36(48)40-16-2-1-15-39-34(46)24-7-10-27(11-8-24)42-35(47)25-5-3-23(4-6-25)19-44(29-12-13-29)37(49)26-9-14-31-32(17-26)50-20-33(45)43-31/h3-11,14,17,21-22,29-30H,1-2,12-13,15-16,18-20,38H2,(H,39,46)(H,40,48)(H,42,47)(H,43,45)/t30-/m0/s1. The van der Waals surface area contributed by atoms with E-state index in [-0.39, 0.29) is 42.2 Å². The molecule has 5 amide bonds. The predicted octanol–water partition coefficient (Wildman–Crippen LogP) is 3.73. The van der Waals surface area contributed by atoms with Crippen LogP contribution in [0.4, 0.5) is 11.4 Å². The van der Waals surface area contributed by atoms with Crippen LogP contribution in [0.2, 0.25) is 0 Å². The lowest BCUT2D eigenvalue weighted by molar-refractivity contribution is -0.122. The second-order valence-electron chi connectivity index (χ2n) is 12.5. The molecule has 2 aliphatic rings. The van der Waals surface area contributed by atoms with E-state index in [0.29, 0.717) is 72.7 Å². The van der Waals surface area contributed by atoms with Gasteiger partial charge in [0.25, 0.3) is 23.6 Å². The van der Waals surface area contributed by atoms with E-state index in [9.17, 15) is 24.0 Å². The lowest BCUT2D eigenvalue weighted by atomic mass is 10.1. The van der Waals surface area contributed by atoms with Crippen LogP contribution in [0.5, 0.6) is 5.75 Å². The second kappa shape index (κ2) is 16.4. The summed E-state index contributed by atoms with van der Waals surface area (Å²) in [6, 6.07) is 18.3. The number of nitrogens with one attached hydrogen (secondary N) is 4. The van der Waals surface area contributed by atoms with Crippen molar-refractivity contribution in [2.75, 3.05) is 30.3 Å². The Labute approximate surface area is 299 Å². The van der Waals surface area contributed by atoms with Crippen molar-refractivity contribution in [3.63, 3.8) is 0 Å². The fourth-order valence-electron chi connectivity index (χ4n) is 5.55. The van der Waals surface area contributed by atoms with Gasteiger partial charge in [-0.05, 0) is 85.8 Å². The van der Waals surface area contributed by atoms with Crippen LogP contribution in [0.1, 0.15) is 68.0 Å². The van der Waals surface area contributed by atoms with Crippen molar-refractivity contribution >= 4 is 52.2 Å². The maximum Gasteiger partial charge on any atom is 0.262 e. The molecule has 6 rings (SSSR count). The van der Waals surface area contributed by atoms with Gasteiger partial charge in [0.05, 0.1) is 22.9 Å². The van der Waals surface area contributed by atoms with Gasteiger partial charge in [0, 0.05) is 59.9 Å². The van der Waals surface area contributed by atoms with Gasteiger partial charge in [0.15, 0.2) is 6.61 Å². The molecular formula is C37H39N7O6S. The summed E-state index contributed by atoms with van der Waals surface area (Å²) in [5.74, 6) is -0.633. The van der Waals surface area contributed by atoms with E-state index in [1.807, 2.05) is 22.4 Å². The summed E-state index contributed by atoms with van der Waals surface area (Å²) >= 11 is 1.46. The first-order valence-electron chi connectivity index (χ1n) is 16.8. The largest absolute Gasteiger partial charge is 0.482 e.